The minimum atomic E-state index is -1.22. The third kappa shape index (κ3) is 3.73. The van der Waals surface area contributed by atoms with Crippen molar-refractivity contribution in [2.24, 2.45) is 5.92 Å². The molecule has 5 nitrogen and oxygen atoms in total. The monoisotopic (exact) mass is 277 g/mol. The van der Waals surface area contributed by atoms with Crippen LogP contribution in [0.15, 0.2) is 18.2 Å². The maximum atomic E-state index is 11.8. The number of amides is 1. The van der Waals surface area contributed by atoms with Gasteiger partial charge in [-0.25, -0.2) is 4.79 Å². The molecule has 3 N–H and O–H groups in total. The quantitative estimate of drug-likeness (QED) is 0.722. The number of anilines is 1. The molecule has 0 heterocycles. The second-order valence-electron chi connectivity index (χ2n) is 5.27. The van der Waals surface area contributed by atoms with Crippen LogP contribution in [0.25, 0.3) is 0 Å². The number of nitrogens with one attached hydrogen (secondary N) is 1. The van der Waals surface area contributed by atoms with Crippen LogP contribution in [0.5, 0.6) is 5.75 Å². The molecule has 1 aromatic rings. The second-order valence-corrected chi connectivity index (χ2v) is 5.27. The molecule has 0 bridgehead atoms. The van der Waals surface area contributed by atoms with Crippen LogP contribution in [-0.4, -0.2) is 22.1 Å². The van der Waals surface area contributed by atoms with Crippen molar-refractivity contribution in [3.8, 4) is 5.75 Å². The number of aromatic hydroxyl groups is 1. The van der Waals surface area contributed by atoms with Gasteiger partial charge in [0, 0.05) is 12.1 Å². The highest BCUT2D eigenvalue weighted by Gasteiger charge is 2.16. The van der Waals surface area contributed by atoms with Gasteiger partial charge in [0.05, 0.1) is 0 Å². The molecule has 1 amide bonds. The molecule has 2 rings (SSSR count). The van der Waals surface area contributed by atoms with Gasteiger partial charge in [-0.1, -0.05) is 25.7 Å². The normalized spacial score (nSPS) is 15.2. The average molecular weight is 277 g/mol. The topological polar surface area (TPSA) is 86.6 Å². The number of phenols is 1. The van der Waals surface area contributed by atoms with Gasteiger partial charge in [-0.05, 0) is 30.5 Å². The largest absolute Gasteiger partial charge is 0.507 e. The summed E-state index contributed by atoms with van der Waals surface area (Å²) in [5.74, 6) is -0.986. The second kappa shape index (κ2) is 6.41. The van der Waals surface area contributed by atoms with E-state index in [1.165, 1.54) is 43.9 Å². The highest BCUT2D eigenvalue weighted by atomic mass is 16.4. The molecule has 20 heavy (non-hydrogen) atoms. The minimum absolute atomic E-state index is 0.112. The Labute approximate surface area is 117 Å². The van der Waals surface area contributed by atoms with E-state index >= 15 is 0 Å². The Balaban J connectivity index is 1.90. The molecule has 1 aromatic carbocycles. The summed E-state index contributed by atoms with van der Waals surface area (Å²) in [5, 5.41) is 21.0. The highest BCUT2D eigenvalue weighted by molar-refractivity contribution is 5.95. The summed E-state index contributed by atoms with van der Waals surface area (Å²) >= 11 is 0. The lowest BCUT2D eigenvalue weighted by Gasteiger charge is -2.10. The Bertz CT molecular complexity index is 507. The first kappa shape index (κ1) is 14.4. The van der Waals surface area contributed by atoms with Gasteiger partial charge in [-0.2, -0.15) is 0 Å². The predicted octanol–water partition coefficient (Wildman–Crippen LogP) is 3.00. The Hall–Kier alpha value is -2.04. The molecule has 0 unspecified atom stereocenters. The molecule has 0 radical (unpaired) electrons. The molecule has 1 aliphatic rings. The zero-order valence-electron chi connectivity index (χ0n) is 11.3. The number of carbonyl (C=O) groups excluding carboxylic acids is 1. The molecule has 0 aromatic heterocycles. The predicted molar refractivity (Wildman–Crippen MR) is 74.9 cm³/mol. The van der Waals surface area contributed by atoms with E-state index in [4.69, 9.17) is 5.11 Å². The van der Waals surface area contributed by atoms with E-state index < -0.39 is 5.97 Å². The van der Waals surface area contributed by atoms with Crippen LogP contribution in [0.3, 0.4) is 0 Å². The van der Waals surface area contributed by atoms with E-state index in [2.05, 4.69) is 5.32 Å². The standard InChI is InChI=1S/C15H19NO4/c17-13-7-6-11(9-12(13)15(19)20)16-14(18)8-5-10-3-1-2-4-10/h6-7,9-10,17H,1-5,8H2,(H,16,18)(H,19,20). The summed E-state index contributed by atoms with van der Waals surface area (Å²) in [6.07, 6.45) is 6.26. The van der Waals surface area contributed by atoms with Gasteiger partial charge in [-0.3, -0.25) is 4.79 Å². The Morgan fingerprint density at radius 3 is 2.60 bits per heavy atom. The SMILES string of the molecule is O=C(CCC1CCCC1)Nc1ccc(O)c(C(=O)O)c1. The van der Waals surface area contributed by atoms with Gasteiger partial charge in [0.2, 0.25) is 5.91 Å². The fraction of sp³-hybridized carbons (Fsp3) is 0.467. The van der Waals surface area contributed by atoms with Crippen LogP contribution < -0.4 is 5.32 Å². The van der Waals surface area contributed by atoms with Crippen LogP contribution in [0.4, 0.5) is 5.69 Å². The molecule has 0 atom stereocenters. The lowest BCUT2D eigenvalue weighted by molar-refractivity contribution is -0.116. The summed E-state index contributed by atoms with van der Waals surface area (Å²) in [4.78, 5) is 22.7. The number of carboxylic acid groups (broad SMARTS) is 1. The Kier molecular flexibility index (Phi) is 4.61. The number of aromatic carboxylic acids is 1. The first-order chi connectivity index (χ1) is 9.56. The molecule has 0 spiro atoms. The van der Waals surface area contributed by atoms with Crippen molar-refractivity contribution >= 4 is 17.6 Å². The van der Waals surface area contributed by atoms with Gasteiger partial charge >= 0.3 is 5.97 Å². The van der Waals surface area contributed by atoms with Crippen molar-refractivity contribution in [2.75, 3.05) is 5.32 Å². The summed E-state index contributed by atoms with van der Waals surface area (Å²) in [6, 6.07) is 4.04. The van der Waals surface area contributed by atoms with Crippen molar-refractivity contribution in [3.05, 3.63) is 23.8 Å². The summed E-state index contributed by atoms with van der Waals surface area (Å²) in [6.45, 7) is 0. The first-order valence-corrected chi connectivity index (χ1v) is 6.92. The third-order valence-corrected chi connectivity index (χ3v) is 3.77. The van der Waals surface area contributed by atoms with Crippen molar-refractivity contribution in [2.45, 2.75) is 38.5 Å². The molecule has 1 aliphatic carbocycles. The molecule has 1 fully saturated rings. The molecular formula is C15H19NO4. The van der Waals surface area contributed by atoms with E-state index in [1.54, 1.807) is 0 Å². The average Bonchev–Trinajstić information content (AvgIpc) is 2.91. The molecule has 5 heteroatoms. The summed E-state index contributed by atoms with van der Waals surface area (Å²) in [7, 11) is 0. The van der Waals surface area contributed by atoms with E-state index in [-0.39, 0.29) is 17.2 Å². The number of hydrogen-bond donors (Lipinski definition) is 3. The maximum Gasteiger partial charge on any atom is 0.339 e. The van der Waals surface area contributed by atoms with Gasteiger partial charge < -0.3 is 15.5 Å². The van der Waals surface area contributed by atoms with Gasteiger partial charge in [-0.15, -0.1) is 0 Å². The number of carboxylic acids is 1. The first-order valence-electron chi connectivity index (χ1n) is 6.92. The van der Waals surface area contributed by atoms with Crippen LogP contribution >= 0.6 is 0 Å². The smallest absolute Gasteiger partial charge is 0.339 e. The molecule has 0 aliphatic heterocycles. The lowest BCUT2D eigenvalue weighted by atomic mass is 10.0. The molecular weight excluding hydrogens is 258 g/mol. The zero-order valence-corrected chi connectivity index (χ0v) is 11.3. The fourth-order valence-electron chi connectivity index (χ4n) is 2.64. The summed E-state index contributed by atoms with van der Waals surface area (Å²) in [5.41, 5.74) is 0.190. The van der Waals surface area contributed by atoms with Crippen LogP contribution in [0.2, 0.25) is 0 Å². The fourth-order valence-corrected chi connectivity index (χ4v) is 2.64. The van der Waals surface area contributed by atoms with E-state index in [1.807, 2.05) is 0 Å². The van der Waals surface area contributed by atoms with Crippen LogP contribution in [0, 0.1) is 5.92 Å². The lowest BCUT2D eigenvalue weighted by Crippen LogP contribution is -2.13. The van der Waals surface area contributed by atoms with E-state index in [9.17, 15) is 14.7 Å². The van der Waals surface area contributed by atoms with Gasteiger partial charge in [0.1, 0.15) is 11.3 Å². The van der Waals surface area contributed by atoms with E-state index in [0.29, 0.717) is 18.0 Å². The van der Waals surface area contributed by atoms with E-state index in [0.717, 1.165) is 6.42 Å². The Morgan fingerprint density at radius 2 is 1.95 bits per heavy atom. The minimum Gasteiger partial charge on any atom is -0.507 e. The number of rotatable bonds is 5. The molecule has 108 valence electrons. The number of benzene rings is 1. The molecule has 1 saturated carbocycles. The molecule has 0 saturated heterocycles. The third-order valence-electron chi connectivity index (χ3n) is 3.77. The summed E-state index contributed by atoms with van der Waals surface area (Å²) < 4.78 is 0. The number of hydrogen-bond acceptors (Lipinski definition) is 3. The van der Waals surface area contributed by atoms with Crippen molar-refractivity contribution in [1.29, 1.82) is 0 Å². The maximum absolute atomic E-state index is 11.8. The Morgan fingerprint density at radius 1 is 1.25 bits per heavy atom. The number of carbonyl (C=O) groups is 2. The van der Waals surface area contributed by atoms with Crippen LogP contribution in [0.1, 0.15) is 48.9 Å². The highest BCUT2D eigenvalue weighted by Crippen LogP contribution is 2.28. The van der Waals surface area contributed by atoms with Gasteiger partial charge in [0.25, 0.3) is 0 Å². The van der Waals surface area contributed by atoms with Crippen molar-refractivity contribution < 1.29 is 19.8 Å². The van der Waals surface area contributed by atoms with Gasteiger partial charge in [0.15, 0.2) is 0 Å². The zero-order chi connectivity index (χ0) is 14.5. The van der Waals surface area contributed by atoms with Crippen molar-refractivity contribution in [3.63, 3.8) is 0 Å². The van der Waals surface area contributed by atoms with Crippen LogP contribution in [-0.2, 0) is 4.79 Å². The van der Waals surface area contributed by atoms with Crippen molar-refractivity contribution in [1.82, 2.24) is 0 Å².